The first-order valence-corrected chi connectivity index (χ1v) is 11.0. The van der Waals surface area contributed by atoms with Gasteiger partial charge in [0, 0.05) is 63.3 Å². The van der Waals surface area contributed by atoms with E-state index in [1.54, 1.807) is 14.2 Å². The minimum Gasteiger partial charge on any atom is -0.496 e. The molecular weight excluding hydrogens is 380 g/mol. The lowest BCUT2D eigenvalue weighted by Gasteiger charge is -2.39. The molecule has 7 nitrogen and oxygen atoms in total. The molecule has 2 fully saturated rings. The molecule has 2 N–H and O–H groups in total. The predicted molar refractivity (Wildman–Crippen MR) is 119 cm³/mol. The van der Waals surface area contributed by atoms with Crippen molar-refractivity contribution in [1.82, 2.24) is 15.5 Å². The fourth-order valence-corrected chi connectivity index (χ4v) is 4.51. The van der Waals surface area contributed by atoms with Crippen molar-refractivity contribution in [3.05, 3.63) is 29.3 Å². The van der Waals surface area contributed by atoms with Crippen molar-refractivity contribution in [2.75, 3.05) is 47.0 Å². The molecule has 0 spiro atoms. The van der Waals surface area contributed by atoms with Crippen LogP contribution in [0.1, 0.15) is 43.7 Å². The Morgan fingerprint density at radius 3 is 2.80 bits per heavy atom. The average Bonchev–Trinajstić information content (AvgIpc) is 3.25. The summed E-state index contributed by atoms with van der Waals surface area (Å²) in [6.07, 6.45) is 3.36. The first kappa shape index (κ1) is 22.4. The Hall–Kier alpha value is -2.28. The molecule has 0 aliphatic carbocycles. The fourth-order valence-electron chi connectivity index (χ4n) is 4.51. The van der Waals surface area contributed by atoms with E-state index in [1.165, 1.54) is 11.1 Å². The summed E-state index contributed by atoms with van der Waals surface area (Å²) < 4.78 is 11.4. The standard InChI is InChI=1S/C23H36N4O3/c1-5-21(28)27-11-8-18(15-27)26-22(24-3)25-16-23(9-12-30-13-10-23)19-14-17(2)6-7-20(19)29-4/h6-7,14,18H,5,8-13,15-16H2,1-4H3,(H2,24,25,26). The third-order valence-corrected chi connectivity index (χ3v) is 6.38. The van der Waals surface area contributed by atoms with Crippen LogP contribution in [0.15, 0.2) is 23.2 Å². The maximum atomic E-state index is 12.0. The number of nitrogens with one attached hydrogen (secondary N) is 2. The number of nitrogens with zero attached hydrogens (tertiary/aromatic N) is 2. The summed E-state index contributed by atoms with van der Waals surface area (Å²) in [7, 11) is 3.53. The lowest BCUT2D eigenvalue weighted by molar-refractivity contribution is -0.129. The summed E-state index contributed by atoms with van der Waals surface area (Å²) in [6, 6.07) is 6.62. The molecule has 0 saturated carbocycles. The molecule has 0 radical (unpaired) electrons. The van der Waals surface area contributed by atoms with Crippen LogP contribution < -0.4 is 15.4 Å². The number of methoxy groups -OCH3 is 1. The maximum absolute atomic E-state index is 12.0. The van der Waals surface area contributed by atoms with Crippen molar-refractivity contribution >= 4 is 11.9 Å². The van der Waals surface area contributed by atoms with E-state index in [0.29, 0.717) is 6.42 Å². The molecule has 2 aliphatic heterocycles. The molecule has 1 amide bonds. The Labute approximate surface area is 180 Å². The van der Waals surface area contributed by atoms with Crippen LogP contribution in [0.2, 0.25) is 0 Å². The zero-order valence-corrected chi connectivity index (χ0v) is 18.8. The molecule has 2 aliphatic rings. The number of hydrogen-bond acceptors (Lipinski definition) is 4. The number of benzene rings is 1. The third-order valence-electron chi connectivity index (χ3n) is 6.38. The van der Waals surface area contributed by atoms with E-state index >= 15 is 0 Å². The summed E-state index contributed by atoms with van der Waals surface area (Å²) in [4.78, 5) is 18.3. The summed E-state index contributed by atoms with van der Waals surface area (Å²) in [5, 5.41) is 7.06. The second kappa shape index (κ2) is 10.2. The Morgan fingerprint density at radius 1 is 1.37 bits per heavy atom. The van der Waals surface area contributed by atoms with Crippen LogP contribution in [0.3, 0.4) is 0 Å². The van der Waals surface area contributed by atoms with E-state index < -0.39 is 0 Å². The Bertz CT molecular complexity index is 759. The van der Waals surface area contributed by atoms with Crippen molar-refractivity contribution in [3.63, 3.8) is 0 Å². The summed E-state index contributed by atoms with van der Waals surface area (Å²) in [6.45, 7) is 7.80. The molecule has 1 unspecified atom stereocenters. The van der Waals surface area contributed by atoms with Gasteiger partial charge in [0.15, 0.2) is 5.96 Å². The number of carbonyl (C=O) groups is 1. The van der Waals surface area contributed by atoms with Gasteiger partial charge in [0.25, 0.3) is 0 Å². The van der Waals surface area contributed by atoms with Gasteiger partial charge < -0.3 is 25.0 Å². The molecule has 0 aromatic heterocycles. The minimum atomic E-state index is -0.0763. The van der Waals surface area contributed by atoms with E-state index in [1.807, 2.05) is 11.8 Å². The molecule has 1 aromatic rings. The van der Waals surface area contributed by atoms with Gasteiger partial charge >= 0.3 is 0 Å². The highest BCUT2D eigenvalue weighted by molar-refractivity contribution is 5.80. The topological polar surface area (TPSA) is 75.2 Å². The smallest absolute Gasteiger partial charge is 0.222 e. The molecule has 0 bridgehead atoms. The average molecular weight is 417 g/mol. The lowest BCUT2D eigenvalue weighted by atomic mass is 9.73. The van der Waals surface area contributed by atoms with Crippen LogP contribution in [-0.4, -0.2) is 69.8 Å². The predicted octanol–water partition coefficient (Wildman–Crippen LogP) is 2.23. The Kier molecular flexibility index (Phi) is 7.58. The highest BCUT2D eigenvalue weighted by atomic mass is 16.5. The molecule has 166 valence electrons. The third kappa shape index (κ3) is 5.06. The number of hydrogen-bond donors (Lipinski definition) is 2. The molecule has 30 heavy (non-hydrogen) atoms. The quantitative estimate of drug-likeness (QED) is 0.549. The second-order valence-electron chi connectivity index (χ2n) is 8.35. The van der Waals surface area contributed by atoms with E-state index in [9.17, 15) is 4.79 Å². The van der Waals surface area contributed by atoms with Crippen LogP contribution in [-0.2, 0) is 14.9 Å². The number of guanidine groups is 1. The normalized spacial score (nSPS) is 21.4. The van der Waals surface area contributed by atoms with Crippen molar-refractivity contribution < 1.29 is 14.3 Å². The summed E-state index contributed by atoms with van der Waals surface area (Å²) in [5.41, 5.74) is 2.38. The van der Waals surface area contributed by atoms with Gasteiger partial charge in [-0.1, -0.05) is 24.6 Å². The van der Waals surface area contributed by atoms with Crippen molar-refractivity contribution in [2.24, 2.45) is 4.99 Å². The van der Waals surface area contributed by atoms with Crippen molar-refractivity contribution in [2.45, 2.75) is 51.0 Å². The van der Waals surface area contributed by atoms with Crippen LogP contribution in [0.4, 0.5) is 0 Å². The molecule has 1 aromatic carbocycles. The van der Waals surface area contributed by atoms with Gasteiger partial charge in [0.1, 0.15) is 5.75 Å². The van der Waals surface area contributed by atoms with Gasteiger partial charge in [-0.15, -0.1) is 0 Å². The largest absolute Gasteiger partial charge is 0.496 e. The zero-order valence-electron chi connectivity index (χ0n) is 18.8. The fraction of sp³-hybridized carbons (Fsp3) is 0.652. The SMILES string of the molecule is CCC(=O)N1CCC(NC(=NC)NCC2(c3cc(C)ccc3OC)CCOCC2)C1. The lowest BCUT2D eigenvalue weighted by Crippen LogP contribution is -2.50. The number of aliphatic imine (C=N–C) groups is 1. The Balaban J connectivity index is 1.70. The maximum Gasteiger partial charge on any atom is 0.222 e. The molecule has 3 rings (SSSR count). The highest BCUT2D eigenvalue weighted by Crippen LogP contribution is 2.40. The van der Waals surface area contributed by atoms with Crippen LogP contribution in [0.25, 0.3) is 0 Å². The van der Waals surface area contributed by atoms with E-state index in [4.69, 9.17) is 9.47 Å². The molecule has 1 atom stereocenters. The zero-order chi connectivity index (χ0) is 21.6. The monoisotopic (exact) mass is 416 g/mol. The molecule has 2 heterocycles. The van der Waals surface area contributed by atoms with Gasteiger partial charge in [-0.25, -0.2) is 0 Å². The highest BCUT2D eigenvalue weighted by Gasteiger charge is 2.37. The number of carbonyl (C=O) groups excluding carboxylic acids is 1. The Morgan fingerprint density at radius 2 is 2.13 bits per heavy atom. The first-order chi connectivity index (χ1) is 14.5. The van der Waals surface area contributed by atoms with Gasteiger partial charge in [-0.05, 0) is 32.3 Å². The summed E-state index contributed by atoms with van der Waals surface area (Å²) in [5.74, 6) is 1.93. The van der Waals surface area contributed by atoms with Crippen LogP contribution in [0.5, 0.6) is 5.75 Å². The van der Waals surface area contributed by atoms with Gasteiger partial charge in [0.2, 0.25) is 5.91 Å². The van der Waals surface area contributed by atoms with Gasteiger partial charge in [-0.3, -0.25) is 9.79 Å². The van der Waals surface area contributed by atoms with Gasteiger partial charge in [-0.2, -0.15) is 0 Å². The van der Waals surface area contributed by atoms with Crippen molar-refractivity contribution in [3.8, 4) is 5.75 Å². The summed E-state index contributed by atoms with van der Waals surface area (Å²) >= 11 is 0. The number of aryl methyl sites for hydroxylation is 1. The second-order valence-corrected chi connectivity index (χ2v) is 8.35. The number of likely N-dealkylation sites (tertiary alicyclic amines) is 1. The molecular formula is C23H36N4O3. The van der Waals surface area contributed by atoms with Crippen LogP contribution in [0, 0.1) is 6.92 Å². The molecule has 7 heteroatoms. The minimum absolute atomic E-state index is 0.0763. The number of amides is 1. The van der Waals surface area contributed by atoms with E-state index in [0.717, 1.165) is 63.8 Å². The van der Waals surface area contributed by atoms with Crippen molar-refractivity contribution in [1.29, 1.82) is 0 Å². The first-order valence-electron chi connectivity index (χ1n) is 11.0. The number of rotatable bonds is 6. The number of ether oxygens (including phenoxy) is 2. The van der Waals surface area contributed by atoms with E-state index in [2.05, 4.69) is 40.7 Å². The molecule has 2 saturated heterocycles. The van der Waals surface area contributed by atoms with Crippen LogP contribution >= 0.6 is 0 Å². The van der Waals surface area contributed by atoms with E-state index in [-0.39, 0.29) is 17.4 Å². The van der Waals surface area contributed by atoms with Gasteiger partial charge in [0.05, 0.1) is 7.11 Å².